The summed E-state index contributed by atoms with van der Waals surface area (Å²) in [4.78, 5) is 23.4. The van der Waals surface area contributed by atoms with Crippen molar-refractivity contribution in [1.82, 2.24) is 10.9 Å². The van der Waals surface area contributed by atoms with E-state index in [1.165, 1.54) is 0 Å². The Morgan fingerprint density at radius 3 is 1.58 bits per heavy atom. The van der Waals surface area contributed by atoms with Gasteiger partial charge in [0.1, 0.15) is 6.10 Å². The molecule has 0 saturated carbocycles. The van der Waals surface area contributed by atoms with Gasteiger partial charge in [0.05, 0.1) is 39.6 Å². The number of ether oxygens (including phenoxy) is 3. The Kier molecular flexibility index (Phi) is 10.6. The number of rotatable bonds is 13. The molecular weight excluding hydrogens is 404 g/mol. The lowest BCUT2D eigenvalue weighted by Gasteiger charge is -2.20. The van der Waals surface area contributed by atoms with Crippen LogP contribution in [0.15, 0.2) is 48.5 Å². The van der Waals surface area contributed by atoms with E-state index in [0.717, 1.165) is 11.1 Å². The normalized spacial score (nSPS) is 10.8. The van der Waals surface area contributed by atoms with Crippen LogP contribution in [0.25, 0.3) is 0 Å². The van der Waals surface area contributed by atoms with Crippen molar-refractivity contribution in [2.24, 2.45) is 11.7 Å². The van der Waals surface area contributed by atoms with Gasteiger partial charge in [0.25, 0.3) is 11.8 Å². The van der Waals surface area contributed by atoms with Crippen molar-refractivity contribution in [2.45, 2.75) is 6.10 Å². The van der Waals surface area contributed by atoms with E-state index in [1.54, 1.807) is 48.5 Å². The molecule has 168 valence electrons. The number of carbonyl (C=O) groups is 2. The Morgan fingerprint density at radius 1 is 0.742 bits per heavy atom. The van der Waals surface area contributed by atoms with Crippen LogP contribution in [0.2, 0.25) is 0 Å². The highest BCUT2D eigenvalue weighted by molar-refractivity contribution is 5.94. The summed E-state index contributed by atoms with van der Waals surface area (Å²) in [6, 6.07) is 13.7. The largest absolute Gasteiger partial charge is 0.394 e. The van der Waals surface area contributed by atoms with E-state index in [0.29, 0.717) is 37.6 Å². The third-order valence-electron chi connectivity index (χ3n) is 4.33. The first-order chi connectivity index (χ1) is 15.1. The van der Waals surface area contributed by atoms with Crippen LogP contribution in [0.5, 0.6) is 0 Å². The lowest BCUT2D eigenvalue weighted by Crippen LogP contribution is -2.30. The summed E-state index contributed by atoms with van der Waals surface area (Å²) in [5.74, 6) is 9.57. The number of aliphatic hydroxyl groups is 1. The van der Waals surface area contributed by atoms with Gasteiger partial charge in [0.15, 0.2) is 0 Å². The van der Waals surface area contributed by atoms with Crippen molar-refractivity contribution in [3.63, 3.8) is 0 Å². The monoisotopic (exact) mass is 432 g/mol. The molecule has 0 fully saturated rings. The van der Waals surface area contributed by atoms with Gasteiger partial charge in [0.2, 0.25) is 0 Å². The first-order valence-electron chi connectivity index (χ1n) is 9.70. The van der Waals surface area contributed by atoms with Crippen molar-refractivity contribution in [2.75, 3.05) is 39.6 Å². The van der Waals surface area contributed by atoms with E-state index in [4.69, 9.17) is 31.0 Å². The number of amides is 2. The van der Waals surface area contributed by atoms with Crippen LogP contribution >= 0.6 is 0 Å². The van der Waals surface area contributed by atoms with Gasteiger partial charge >= 0.3 is 0 Å². The molecule has 0 heterocycles. The number of hydrogen-bond donors (Lipinski definition) is 5. The summed E-state index contributed by atoms with van der Waals surface area (Å²) in [5, 5.41) is 8.67. The molecule has 0 aliphatic carbocycles. The van der Waals surface area contributed by atoms with Crippen molar-refractivity contribution in [3.05, 3.63) is 70.8 Å². The fourth-order valence-electron chi connectivity index (χ4n) is 2.78. The van der Waals surface area contributed by atoms with Gasteiger partial charge in [-0.05, 0) is 35.4 Å². The van der Waals surface area contributed by atoms with Crippen LogP contribution in [0.4, 0.5) is 0 Å². The minimum Gasteiger partial charge on any atom is -0.394 e. The van der Waals surface area contributed by atoms with Gasteiger partial charge in [0, 0.05) is 11.1 Å². The molecule has 0 spiro atoms. The second-order valence-corrected chi connectivity index (χ2v) is 6.39. The smallest absolute Gasteiger partial charge is 0.265 e. The summed E-state index contributed by atoms with van der Waals surface area (Å²) in [7, 11) is 0. The first kappa shape index (κ1) is 24.4. The highest BCUT2D eigenvalue weighted by atomic mass is 16.5. The van der Waals surface area contributed by atoms with Gasteiger partial charge < -0.3 is 19.3 Å². The summed E-state index contributed by atoms with van der Waals surface area (Å²) >= 11 is 0. The van der Waals surface area contributed by atoms with Crippen LogP contribution in [0, 0.1) is 0 Å². The number of nitrogens with two attached hydrogens (primary N) is 2. The van der Waals surface area contributed by atoms with E-state index < -0.39 is 17.9 Å². The number of aliphatic hydroxyl groups excluding tert-OH is 1. The standard InChI is InChI=1S/C21H28N4O6/c22-24-20(27)17-5-1-15(2-6-17)19(31-14-13-30-12-11-29-10-9-26)16-3-7-18(8-4-16)21(28)25-23/h1-8,19,26H,9-14,22-23H2,(H,24,27)(H,25,28). The fourth-order valence-corrected chi connectivity index (χ4v) is 2.78. The van der Waals surface area contributed by atoms with Crippen LogP contribution in [0.1, 0.15) is 37.9 Å². The molecule has 2 amide bonds. The van der Waals surface area contributed by atoms with Crippen molar-refractivity contribution in [3.8, 4) is 0 Å². The second kappa shape index (κ2) is 13.4. The predicted molar refractivity (Wildman–Crippen MR) is 113 cm³/mol. The average Bonchev–Trinajstić information content (AvgIpc) is 2.82. The van der Waals surface area contributed by atoms with Gasteiger partial charge in [-0.3, -0.25) is 20.4 Å². The lowest BCUT2D eigenvalue weighted by molar-refractivity contribution is -0.00568. The second-order valence-electron chi connectivity index (χ2n) is 6.39. The SMILES string of the molecule is NNC(=O)c1ccc(C(OCCOCCOCCO)c2ccc(C(=O)NN)cc2)cc1. The van der Waals surface area contributed by atoms with E-state index in [-0.39, 0.29) is 13.2 Å². The zero-order valence-corrected chi connectivity index (χ0v) is 17.1. The molecule has 0 aliphatic rings. The van der Waals surface area contributed by atoms with Crippen molar-refractivity contribution >= 4 is 11.8 Å². The van der Waals surface area contributed by atoms with Crippen LogP contribution in [0.3, 0.4) is 0 Å². The van der Waals surface area contributed by atoms with Gasteiger partial charge in [-0.2, -0.15) is 0 Å². The summed E-state index contributed by atoms with van der Waals surface area (Å²) in [6.45, 7) is 1.68. The number of benzene rings is 2. The predicted octanol–water partition coefficient (Wildman–Crippen LogP) is 0.0251. The van der Waals surface area contributed by atoms with E-state index in [2.05, 4.69) is 10.9 Å². The topological polar surface area (TPSA) is 158 Å². The summed E-state index contributed by atoms with van der Waals surface area (Å²) in [5.41, 5.74) is 6.66. The molecule has 2 aromatic carbocycles. The Bertz CT molecular complexity index is 754. The molecular formula is C21H28N4O6. The molecule has 0 unspecified atom stereocenters. The highest BCUT2D eigenvalue weighted by Gasteiger charge is 2.16. The van der Waals surface area contributed by atoms with Crippen molar-refractivity contribution in [1.29, 1.82) is 0 Å². The number of nitrogens with one attached hydrogen (secondary N) is 2. The summed E-state index contributed by atoms with van der Waals surface area (Å²) < 4.78 is 16.6. The minimum atomic E-state index is -0.445. The zero-order chi connectivity index (χ0) is 22.5. The Balaban J connectivity index is 2.06. The Morgan fingerprint density at radius 2 is 1.16 bits per heavy atom. The molecule has 0 atom stereocenters. The number of nitrogen functional groups attached to an aromatic ring is 2. The molecule has 7 N–H and O–H groups in total. The fraction of sp³-hybridized carbons (Fsp3) is 0.333. The van der Waals surface area contributed by atoms with Gasteiger partial charge in [-0.1, -0.05) is 24.3 Å². The third kappa shape index (κ3) is 7.72. The summed E-state index contributed by atoms with van der Waals surface area (Å²) in [6.07, 6.45) is -0.445. The molecule has 2 rings (SSSR count). The molecule has 0 aliphatic heterocycles. The maximum Gasteiger partial charge on any atom is 0.265 e. The minimum absolute atomic E-state index is 0.0255. The maximum absolute atomic E-state index is 11.7. The number of hydrazine groups is 2. The van der Waals surface area contributed by atoms with Gasteiger partial charge in [-0.15, -0.1) is 0 Å². The van der Waals surface area contributed by atoms with Crippen LogP contribution in [-0.4, -0.2) is 56.6 Å². The van der Waals surface area contributed by atoms with Crippen LogP contribution in [-0.2, 0) is 14.2 Å². The molecule has 31 heavy (non-hydrogen) atoms. The highest BCUT2D eigenvalue weighted by Crippen LogP contribution is 2.27. The third-order valence-corrected chi connectivity index (χ3v) is 4.33. The van der Waals surface area contributed by atoms with E-state index >= 15 is 0 Å². The zero-order valence-electron chi connectivity index (χ0n) is 17.1. The average molecular weight is 432 g/mol. The van der Waals surface area contributed by atoms with Crippen LogP contribution < -0.4 is 22.5 Å². The molecule has 2 aromatic rings. The molecule has 0 saturated heterocycles. The lowest BCUT2D eigenvalue weighted by atomic mass is 9.99. The Hall–Kier alpha value is -2.86. The number of carbonyl (C=O) groups excluding carboxylic acids is 2. The molecule has 10 nitrogen and oxygen atoms in total. The first-order valence-corrected chi connectivity index (χ1v) is 9.70. The quantitative estimate of drug-likeness (QED) is 0.128. The molecule has 0 aromatic heterocycles. The molecule has 0 radical (unpaired) electrons. The van der Waals surface area contributed by atoms with Gasteiger partial charge in [-0.25, -0.2) is 11.7 Å². The Labute approximate surface area is 180 Å². The van der Waals surface area contributed by atoms with E-state index in [9.17, 15) is 9.59 Å². The number of hydrogen-bond acceptors (Lipinski definition) is 8. The van der Waals surface area contributed by atoms with Crippen molar-refractivity contribution < 1.29 is 28.9 Å². The maximum atomic E-state index is 11.7. The molecule has 0 bridgehead atoms. The van der Waals surface area contributed by atoms with E-state index in [1.807, 2.05) is 0 Å². The molecule has 10 heteroatoms.